The van der Waals surface area contributed by atoms with Gasteiger partial charge in [0.25, 0.3) is 5.91 Å². The topological polar surface area (TPSA) is 83.5 Å². The minimum atomic E-state index is -0.579. The third-order valence-corrected chi connectivity index (χ3v) is 7.38. The van der Waals surface area contributed by atoms with Crippen LogP contribution in [0.5, 0.6) is 5.75 Å². The van der Waals surface area contributed by atoms with Crippen molar-refractivity contribution in [3.63, 3.8) is 0 Å². The molecule has 3 aromatic rings. The summed E-state index contributed by atoms with van der Waals surface area (Å²) in [6.07, 6.45) is 1.24. The number of benzene rings is 2. The molecule has 2 heterocycles. The lowest BCUT2D eigenvalue weighted by molar-refractivity contribution is -0.290. The van der Waals surface area contributed by atoms with Gasteiger partial charge in [0, 0.05) is 38.8 Å². The number of rotatable bonds is 5. The minimum Gasteiger partial charge on any atom is -0.497 e. The number of hydrogen-bond acceptors (Lipinski definition) is 4. The summed E-state index contributed by atoms with van der Waals surface area (Å²) >= 11 is 6.01. The van der Waals surface area contributed by atoms with Gasteiger partial charge >= 0.3 is 0 Å². The molecule has 7 nitrogen and oxygen atoms in total. The maximum absolute atomic E-state index is 13.5. The van der Waals surface area contributed by atoms with Crippen LogP contribution in [0.3, 0.4) is 0 Å². The largest absolute Gasteiger partial charge is 0.497 e. The van der Waals surface area contributed by atoms with Crippen LogP contribution in [0.15, 0.2) is 42.5 Å². The van der Waals surface area contributed by atoms with Crippen LogP contribution in [-0.4, -0.2) is 45.7 Å². The average Bonchev–Trinajstić information content (AvgIpc) is 3.07. The maximum atomic E-state index is 13.5. The van der Waals surface area contributed by atoms with Crippen molar-refractivity contribution < 1.29 is 19.5 Å². The third kappa shape index (κ3) is 4.88. The molecule has 4 rings (SSSR count). The highest BCUT2D eigenvalue weighted by atomic mass is 35.5. The lowest BCUT2D eigenvalue weighted by atomic mass is 9.79. The van der Waals surface area contributed by atoms with Crippen molar-refractivity contribution in [3.8, 4) is 5.75 Å². The molecule has 0 aliphatic carbocycles. The molecule has 1 N–H and O–H groups in total. The molecule has 1 aliphatic heterocycles. The van der Waals surface area contributed by atoms with Crippen LogP contribution in [0, 0.1) is 6.92 Å². The number of nitrogens with one attached hydrogen (secondary N) is 1. The minimum absolute atomic E-state index is 0.106. The van der Waals surface area contributed by atoms with Crippen LogP contribution in [0.1, 0.15) is 62.2 Å². The van der Waals surface area contributed by atoms with E-state index >= 15 is 0 Å². The number of amides is 1. The van der Waals surface area contributed by atoms with Gasteiger partial charge in [0.15, 0.2) is 0 Å². The summed E-state index contributed by atoms with van der Waals surface area (Å²) in [4.78, 5) is 26.8. The van der Waals surface area contributed by atoms with E-state index in [1.54, 1.807) is 42.0 Å². The quantitative estimate of drug-likeness (QED) is 0.503. The normalized spacial score (nSPS) is 17.8. The Morgan fingerprint density at radius 3 is 2.25 bits per heavy atom. The van der Waals surface area contributed by atoms with Crippen LogP contribution >= 0.6 is 11.6 Å². The highest BCUT2D eigenvalue weighted by Gasteiger charge is 2.46. The van der Waals surface area contributed by atoms with E-state index in [0.717, 1.165) is 16.0 Å². The van der Waals surface area contributed by atoms with E-state index in [2.05, 4.69) is 5.32 Å². The zero-order valence-electron chi connectivity index (χ0n) is 21.6. The van der Waals surface area contributed by atoms with Gasteiger partial charge in [-0.15, -0.1) is 10.3 Å². The number of piperidine rings is 1. The lowest BCUT2D eigenvalue weighted by Gasteiger charge is -2.50. The predicted molar refractivity (Wildman–Crippen MR) is 140 cm³/mol. The van der Waals surface area contributed by atoms with Gasteiger partial charge in [-0.3, -0.25) is 14.2 Å². The first-order chi connectivity index (χ1) is 16.8. The van der Waals surface area contributed by atoms with Gasteiger partial charge in [0.2, 0.25) is 5.91 Å². The molecule has 0 bridgehead atoms. The second kappa shape index (κ2) is 9.54. The summed E-state index contributed by atoms with van der Waals surface area (Å²) in [6.45, 7) is 9.49. The van der Waals surface area contributed by atoms with Crippen LogP contribution in [0.2, 0.25) is 5.02 Å². The van der Waals surface area contributed by atoms with Gasteiger partial charge < -0.3 is 10.1 Å². The van der Waals surface area contributed by atoms with Gasteiger partial charge in [-0.05, 0) is 95.5 Å². The van der Waals surface area contributed by atoms with Gasteiger partial charge in [-0.25, -0.2) is 0 Å². The molecule has 2 aromatic carbocycles. The molecule has 0 unspecified atom stereocenters. The van der Waals surface area contributed by atoms with E-state index in [1.165, 1.54) is 0 Å². The fraction of sp³-hybridized carbons (Fsp3) is 0.429. The second-order valence-corrected chi connectivity index (χ2v) is 11.3. The Morgan fingerprint density at radius 2 is 1.67 bits per heavy atom. The Morgan fingerprint density at radius 1 is 1.06 bits per heavy atom. The number of methoxy groups -OCH3 is 1. The molecule has 1 amide bonds. The highest BCUT2D eigenvalue weighted by molar-refractivity contribution is 6.30. The Bertz CT molecular complexity index is 1290. The molecule has 0 atom stereocenters. The van der Waals surface area contributed by atoms with Gasteiger partial charge in [0.05, 0.1) is 19.0 Å². The number of aromatic nitrogens is 1. The number of hydroxylamine groups is 2. The summed E-state index contributed by atoms with van der Waals surface area (Å²) in [6, 6.07) is 12.1. The lowest BCUT2D eigenvalue weighted by Crippen LogP contribution is -2.62. The van der Waals surface area contributed by atoms with E-state index in [-0.39, 0.29) is 24.3 Å². The Labute approximate surface area is 216 Å². The first kappa shape index (κ1) is 26.2. The second-order valence-electron chi connectivity index (χ2n) is 10.9. The number of carbonyl (C=O) groups is 2. The van der Waals surface area contributed by atoms with Crippen LogP contribution in [-0.2, 0) is 16.4 Å². The molecule has 0 spiro atoms. The number of halogens is 1. The smallest absolute Gasteiger partial charge is 0.262 e. The highest BCUT2D eigenvalue weighted by Crippen LogP contribution is 2.37. The first-order valence-corrected chi connectivity index (χ1v) is 12.5. The van der Waals surface area contributed by atoms with Crippen molar-refractivity contribution >= 4 is 34.3 Å². The van der Waals surface area contributed by atoms with E-state index in [1.807, 2.05) is 46.8 Å². The molecular formula is C28H33ClN3O4. The number of fused-ring (bicyclic) bond motifs is 1. The molecule has 1 aromatic heterocycles. The summed E-state index contributed by atoms with van der Waals surface area (Å²) in [5.74, 6) is 0.304. The maximum Gasteiger partial charge on any atom is 0.262 e. The Balaban J connectivity index is 1.67. The summed E-state index contributed by atoms with van der Waals surface area (Å²) in [5.41, 5.74) is 1.51. The molecule has 1 aliphatic rings. The number of carbonyl (C=O) groups excluding carboxylic acids is 2. The molecular weight excluding hydrogens is 478 g/mol. The fourth-order valence-electron chi connectivity index (χ4n) is 5.60. The zero-order valence-corrected chi connectivity index (χ0v) is 22.4. The average molecular weight is 511 g/mol. The first-order valence-electron chi connectivity index (χ1n) is 12.1. The predicted octanol–water partition coefficient (Wildman–Crippen LogP) is 5.33. The number of nitrogens with zero attached hydrogens (tertiary/aromatic N) is 2. The Kier molecular flexibility index (Phi) is 6.94. The van der Waals surface area contributed by atoms with E-state index in [9.17, 15) is 14.8 Å². The zero-order chi connectivity index (χ0) is 26.4. The molecule has 8 heteroatoms. The van der Waals surface area contributed by atoms with Crippen molar-refractivity contribution in [2.24, 2.45) is 0 Å². The fourth-order valence-corrected chi connectivity index (χ4v) is 5.73. The van der Waals surface area contributed by atoms with Crippen LogP contribution in [0.25, 0.3) is 10.9 Å². The van der Waals surface area contributed by atoms with Crippen molar-refractivity contribution in [1.29, 1.82) is 0 Å². The summed E-state index contributed by atoms with van der Waals surface area (Å²) in [7, 11) is 1.59. The standard InChI is InChI=1S/C28H33ClN3O4/c1-17-22(14-25(33)30-20-15-27(2,3)32(35)28(4,5)16-20)23-13-21(36-6)11-12-24(23)31(17)26(34)18-7-9-19(29)10-8-18/h7-13,20H,14-16H2,1-6H3,(H,30,33). The van der Waals surface area contributed by atoms with Crippen molar-refractivity contribution in [2.45, 2.75) is 71.0 Å². The SMILES string of the molecule is COc1ccc2c(c1)c(CC(=O)NC1CC(C)(C)N([O])C(C)(C)C1)c(C)n2C(=O)c1ccc(Cl)cc1. The molecule has 191 valence electrons. The van der Waals surface area contributed by atoms with E-state index < -0.39 is 11.1 Å². The van der Waals surface area contributed by atoms with Gasteiger partial charge in [-0.2, -0.15) is 0 Å². The van der Waals surface area contributed by atoms with Crippen LogP contribution in [0.4, 0.5) is 0 Å². The molecule has 0 saturated carbocycles. The van der Waals surface area contributed by atoms with Crippen molar-refractivity contribution in [1.82, 2.24) is 14.9 Å². The third-order valence-electron chi connectivity index (χ3n) is 7.13. The number of ether oxygens (including phenoxy) is 1. The molecule has 1 fully saturated rings. The Hall–Kier alpha value is -2.87. The van der Waals surface area contributed by atoms with E-state index in [4.69, 9.17) is 16.3 Å². The monoisotopic (exact) mass is 510 g/mol. The summed E-state index contributed by atoms with van der Waals surface area (Å²) < 4.78 is 7.07. The molecule has 1 saturated heterocycles. The molecule has 36 heavy (non-hydrogen) atoms. The number of hydrogen-bond donors (Lipinski definition) is 1. The van der Waals surface area contributed by atoms with Crippen molar-refractivity contribution in [3.05, 3.63) is 64.3 Å². The summed E-state index contributed by atoms with van der Waals surface area (Å²) in [5, 5.41) is 18.3. The van der Waals surface area contributed by atoms with Gasteiger partial charge in [-0.1, -0.05) is 11.6 Å². The van der Waals surface area contributed by atoms with E-state index in [0.29, 0.717) is 40.4 Å². The van der Waals surface area contributed by atoms with Crippen LogP contribution < -0.4 is 10.1 Å². The van der Waals surface area contributed by atoms with Gasteiger partial charge in [0.1, 0.15) is 5.75 Å². The van der Waals surface area contributed by atoms with Crippen molar-refractivity contribution in [2.75, 3.05) is 7.11 Å². The molecule has 1 radical (unpaired) electrons.